The highest BCUT2D eigenvalue weighted by Gasteiger charge is 2.26. The lowest BCUT2D eigenvalue weighted by Crippen LogP contribution is -2.38. The summed E-state index contributed by atoms with van der Waals surface area (Å²) >= 11 is 8.15. The Morgan fingerprint density at radius 1 is 1.45 bits per heavy atom. The summed E-state index contributed by atoms with van der Waals surface area (Å²) in [6, 6.07) is 8.12. The Hall–Kier alpha value is -1.10. The third-order valence-corrected chi connectivity index (χ3v) is 5.52. The molecule has 1 aromatic heterocycles. The number of hydrogen-bond donors (Lipinski definition) is 1. The highest BCUT2D eigenvalue weighted by molar-refractivity contribution is 7.19. The number of halogens is 1. The molecule has 1 aromatic carbocycles. The van der Waals surface area contributed by atoms with Crippen LogP contribution < -0.4 is 0 Å². The Balaban J connectivity index is 1.79. The molecule has 0 spiro atoms. The fraction of sp³-hybridized carbons (Fsp3) is 0.400. The summed E-state index contributed by atoms with van der Waals surface area (Å²) in [5, 5.41) is 11.1. The SMILES string of the molecule is O=C(O)C1CCCN(Cc2sc3ccccc3c2Cl)C1. The molecule has 106 valence electrons. The van der Waals surface area contributed by atoms with E-state index >= 15 is 0 Å². The third kappa shape index (κ3) is 2.68. The van der Waals surface area contributed by atoms with E-state index in [4.69, 9.17) is 16.7 Å². The number of thiophene rings is 1. The second-order valence-corrected chi connectivity index (χ2v) is 6.76. The van der Waals surface area contributed by atoms with Crippen LogP contribution >= 0.6 is 22.9 Å². The summed E-state index contributed by atoms with van der Waals surface area (Å²) in [7, 11) is 0. The van der Waals surface area contributed by atoms with Gasteiger partial charge in [-0.15, -0.1) is 11.3 Å². The minimum Gasteiger partial charge on any atom is -0.481 e. The van der Waals surface area contributed by atoms with Crippen LogP contribution in [0.2, 0.25) is 5.02 Å². The Labute approximate surface area is 126 Å². The first-order chi connectivity index (χ1) is 9.65. The number of aliphatic carboxylic acids is 1. The Morgan fingerprint density at radius 3 is 3.00 bits per heavy atom. The Bertz CT molecular complexity index is 640. The average molecular weight is 310 g/mol. The molecular formula is C15H16ClNO2S. The van der Waals surface area contributed by atoms with E-state index in [1.54, 1.807) is 11.3 Å². The lowest BCUT2D eigenvalue weighted by Gasteiger charge is -2.30. The van der Waals surface area contributed by atoms with Crippen LogP contribution in [0.15, 0.2) is 24.3 Å². The van der Waals surface area contributed by atoms with Gasteiger partial charge in [0.25, 0.3) is 0 Å². The van der Waals surface area contributed by atoms with Gasteiger partial charge in [-0.3, -0.25) is 9.69 Å². The minimum absolute atomic E-state index is 0.239. The number of likely N-dealkylation sites (tertiary alicyclic amines) is 1. The van der Waals surface area contributed by atoms with Crippen molar-refractivity contribution in [3.63, 3.8) is 0 Å². The van der Waals surface area contributed by atoms with Crippen LogP contribution in [0.1, 0.15) is 17.7 Å². The van der Waals surface area contributed by atoms with E-state index < -0.39 is 5.97 Å². The first-order valence-corrected chi connectivity index (χ1v) is 7.95. The zero-order valence-electron chi connectivity index (χ0n) is 11.0. The summed E-state index contributed by atoms with van der Waals surface area (Å²) in [4.78, 5) is 14.5. The molecule has 0 amide bonds. The molecular weight excluding hydrogens is 294 g/mol. The van der Waals surface area contributed by atoms with Gasteiger partial charge in [-0.25, -0.2) is 0 Å². The number of rotatable bonds is 3. The number of hydrogen-bond acceptors (Lipinski definition) is 3. The second kappa shape index (κ2) is 5.72. The quantitative estimate of drug-likeness (QED) is 0.936. The minimum atomic E-state index is -0.683. The second-order valence-electron chi connectivity index (χ2n) is 5.25. The molecule has 0 radical (unpaired) electrons. The van der Waals surface area contributed by atoms with E-state index in [0.29, 0.717) is 6.54 Å². The van der Waals surface area contributed by atoms with Crippen LogP contribution in [0, 0.1) is 5.92 Å². The van der Waals surface area contributed by atoms with E-state index in [-0.39, 0.29) is 5.92 Å². The van der Waals surface area contributed by atoms with Gasteiger partial charge in [-0.2, -0.15) is 0 Å². The maximum atomic E-state index is 11.1. The number of fused-ring (bicyclic) bond motifs is 1. The molecule has 5 heteroatoms. The van der Waals surface area contributed by atoms with Gasteiger partial charge in [0.05, 0.1) is 10.9 Å². The molecule has 0 aliphatic carbocycles. The summed E-state index contributed by atoms with van der Waals surface area (Å²) in [5.74, 6) is -0.922. The van der Waals surface area contributed by atoms with Crippen molar-refractivity contribution < 1.29 is 9.90 Å². The molecule has 1 aliphatic rings. The van der Waals surface area contributed by atoms with E-state index in [9.17, 15) is 4.79 Å². The highest BCUT2D eigenvalue weighted by Crippen LogP contribution is 2.36. The van der Waals surface area contributed by atoms with Gasteiger partial charge < -0.3 is 5.11 Å². The maximum absolute atomic E-state index is 11.1. The molecule has 20 heavy (non-hydrogen) atoms. The summed E-state index contributed by atoms with van der Waals surface area (Å²) in [6.45, 7) is 2.33. The highest BCUT2D eigenvalue weighted by atomic mass is 35.5. The summed E-state index contributed by atoms with van der Waals surface area (Å²) < 4.78 is 1.19. The molecule has 1 fully saturated rings. The number of benzene rings is 1. The van der Waals surface area contributed by atoms with Crippen LogP contribution in [0.5, 0.6) is 0 Å². The largest absolute Gasteiger partial charge is 0.481 e. The van der Waals surface area contributed by atoms with Gasteiger partial charge in [-0.1, -0.05) is 29.8 Å². The molecule has 3 rings (SSSR count). The van der Waals surface area contributed by atoms with Crippen molar-refractivity contribution in [3.8, 4) is 0 Å². The number of carboxylic acids is 1. The Morgan fingerprint density at radius 2 is 2.25 bits per heavy atom. The number of nitrogens with zero attached hydrogens (tertiary/aromatic N) is 1. The molecule has 2 aromatic rings. The van der Waals surface area contributed by atoms with E-state index in [0.717, 1.165) is 41.2 Å². The smallest absolute Gasteiger partial charge is 0.307 e. The normalized spacial score (nSPS) is 20.4. The average Bonchev–Trinajstić information content (AvgIpc) is 2.76. The number of carboxylic acid groups (broad SMARTS) is 1. The summed E-state index contributed by atoms with van der Waals surface area (Å²) in [6.07, 6.45) is 1.73. The van der Waals surface area contributed by atoms with Crippen LogP contribution in [0.25, 0.3) is 10.1 Å². The lowest BCUT2D eigenvalue weighted by atomic mass is 9.98. The lowest BCUT2D eigenvalue weighted by molar-refractivity contribution is -0.143. The maximum Gasteiger partial charge on any atom is 0.307 e. The van der Waals surface area contributed by atoms with Gasteiger partial charge in [0.1, 0.15) is 0 Å². The molecule has 0 saturated carbocycles. The predicted molar refractivity (Wildman–Crippen MR) is 82.5 cm³/mol. The van der Waals surface area contributed by atoms with Crippen LogP contribution in [0.4, 0.5) is 0 Å². The van der Waals surface area contributed by atoms with Crippen molar-refractivity contribution >= 4 is 39.0 Å². The van der Waals surface area contributed by atoms with Crippen molar-refractivity contribution in [1.82, 2.24) is 4.90 Å². The first-order valence-electron chi connectivity index (χ1n) is 6.76. The van der Waals surface area contributed by atoms with Crippen molar-refractivity contribution in [3.05, 3.63) is 34.2 Å². The molecule has 1 atom stereocenters. The molecule has 1 N–H and O–H groups in total. The van der Waals surface area contributed by atoms with Crippen molar-refractivity contribution in [2.75, 3.05) is 13.1 Å². The van der Waals surface area contributed by atoms with Crippen molar-refractivity contribution in [1.29, 1.82) is 0 Å². The molecule has 3 nitrogen and oxygen atoms in total. The summed E-state index contributed by atoms with van der Waals surface area (Å²) in [5.41, 5.74) is 0. The topological polar surface area (TPSA) is 40.5 Å². The van der Waals surface area contributed by atoms with Crippen LogP contribution in [-0.2, 0) is 11.3 Å². The predicted octanol–water partition coefficient (Wildman–Crippen LogP) is 3.85. The van der Waals surface area contributed by atoms with E-state index in [1.807, 2.05) is 18.2 Å². The van der Waals surface area contributed by atoms with Gasteiger partial charge >= 0.3 is 5.97 Å². The monoisotopic (exact) mass is 309 g/mol. The standard InChI is InChI=1S/C15H16ClNO2S/c16-14-11-5-1-2-6-12(11)20-13(14)9-17-7-3-4-10(8-17)15(18)19/h1-2,5-6,10H,3-4,7-9H2,(H,18,19). The Kier molecular flexibility index (Phi) is 3.96. The van der Waals surface area contributed by atoms with Crippen molar-refractivity contribution in [2.45, 2.75) is 19.4 Å². The zero-order chi connectivity index (χ0) is 14.1. The molecule has 2 heterocycles. The zero-order valence-corrected chi connectivity index (χ0v) is 12.6. The van der Waals surface area contributed by atoms with Gasteiger partial charge in [0.2, 0.25) is 0 Å². The van der Waals surface area contributed by atoms with E-state index in [2.05, 4.69) is 11.0 Å². The first kappa shape index (κ1) is 13.9. The van der Waals surface area contributed by atoms with Crippen LogP contribution in [-0.4, -0.2) is 29.1 Å². The number of carbonyl (C=O) groups is 1. The molecule has 1 unspecified atom stereocenters. The van der Waals surface area contributed by atoms with E-state index in [1.165, 1.54) is 4.70 Å². The fourth-order valence-electron chi connectivity index (χ4n) is 2.77. The number of piperidine rings is 1. The third-order valence-electron chi connectivity index (χ3n) is 3.82. The van der Waals surface area contributed by atoms with Gasteiger partial charge in [0, 0.05) is 28.1 Å². The van der Waals surface area contributed by atoms with Gasteiger partial charge in [0.15, 0.2) is 0 Å². The van der Waals surface area contributed by atoms with Crippen molar-refractivity contribution in [2.24, 2.45) is 5.92 Å². The fourth-order valence-corrected chi connectivity index (χ4v) is 4.31. The van der Waals surface area contributed by atoms with Crippen LogP contribution in [0.3, 0.4) is 0 Å². The van der Waals surface area contributed by atoms with Gasteiger partial charge in [-0.05, 0) is 25.5 Å². The molecule has 1 aliphatic heterocycles. The molecule has 0 bridgehead atoms. The molecule has 1 saturated heterocycles.